The summed E-state index contributed by atoms with van der Waals surface area (Å²) in [5.74, 6) is -0.0387. The standard InChI is InChI=1S/C19H32F2N2O.C4H9NO.H3N.H2O/c1-4-17(12-18(20)19(21)24-3)23-11-10-22(15(2)13-23)14-16-8-6-5-7-9-16;1-4(5-6)2-3-4;;/h4,12,15-16,19H,5-11,13-14H2,1-3H3;5-6H,2-3H2,1H3;1H3;1H2/b17-4+,18-12+;;;/t15-,19?;;;/m1.../s1. The number of nitrogens with zero attached hydrogens (tertiary/aromatic N) is 2. The normalized spacial score (nSPS) is 25.1. The number of alkyl halides is 1. The van der Waals surface area contributed by atoms with Gasteiger partial charge >= 0.3 is 0 Å². The zero-order chi connectivity index (χ0) is 22.1. The summed E-state index contributed by atoms with van der Waals surface area (Å²) in [6.07, 6.45) is 10.2. The quantitative estimate of drug-likeness (QED) is 0.386. The van der Waals surface area contributed by atoms with Crippen LogP contribution < -0.4 is 11.6 Å². The Morgan fingerprint density at radius 2 is 1.88 bits per heavy atom. The molecular formula is C23H46F2N4O3. The van der Waals surface area contributed by atoms with Crippen LogP contribution in [0, 0.1) is 5.92 Å². The molecule has 3 aliphatic rings. The number of hydrogen-bond acceptors (Lipinski definition) is 6. The summed E-state index contributed by atoms with van der Waals surface area (Å²) in [4.78, 5) is 4.71. The Morgan fingerprint density at radius 3 is 2.31 bits per heavy atom. The minimum absolute atomic E-state index is 0. The lowest BCUT2D eigenvalue weighted by atomic mass is 9.88. The molecule has 3 rings (SSSR count). The van der Waals surface area contributed by atoms with Crippen molar-refractivity contribution in [2.75, 3.05) is 33.3 Å². The molecule has 0 aromatic heterocycles. The topological polar surface area (TPSA) is 114 Å². The summed E-state index contributed by atoms with van der Waals surface area (Å²) in [6, 6.07) is 0.427. The van der Waals surface area contributed by atoms with Gasteiger partial charge in [-0.15, -0.1) is 0 Å². The SMILES string of the molecule is C/C=C(\C=C(\F)C(F)OC)N1CCN(CC2CCCCC2)[C@H](C)C1.CC1(NO)CC1.N.O. The second-order valence-corrected chi connectivity index (χ2v) is 9.26. The molecule has 190 valence electrons. The Labute approximate surface area is 192 Å². The van der Waals surface area contributed by atoms with E-state index in [0.29, 0.717) is 6.04 Å². The van der Waals surface area contributed by atoms with Crippen molar-refractivity contribution >= 4 is 0 Å². The average molecular weight is 465 g/mol. The summed E-state index contributed by atoms with van der Waals surface area (Å²) in [6.45, 7) is 9.94. The maximum absolute atomic E-state index is 13.8. The summed E-state index contributed by atoms with van der Waals surface area (Å²) in [5, 5.41) is 8.22. The van der Waals surface area contributed by atoms with Crippen LogP contribution in [0.4, 0.5) is 8.78 Å². The van der Waals surface area contributed by atoms with Gasteiger partial charge in [-0.3, -0.25) is 4.90 Å². The van der Waals surface area contributed by atoms with Crippen molar-refractivity contribution in [3.8, 4) is 0 Å². The van der Waals surface area contributed by atoms with Gasteiger partial charge in [-0.25, -0.2) is 8.78 Å². The van der Waals surface area contributed by atoms with E-state index in [0.717, 1.165) is 44.1 Å². The third-order valence-electron chi connectivity index (χ3n) is 6.62. The first-order valence-corrected chi connectivity index (χ1v) is 11.4. The van der Waals surface area contributed by atoms with Crippen molar-refractivity contribution in [1.82, 2.24) is 21.4 Å². The van der Waals surface area contributed by atoms with Crippen molar-refractivity contribution in [3.63, 3.8) is 0 Å². The van der Waals surface area contributed by atoms with Gasteiger partial charge in [0, 0.05) is 50.6 Å². The van der Waals surface area contributed by atoms with E-state index in [4.69, 9.17) is 5.21 Å². The van der Waals surface area contributed by atoms with Crippen LogP contribution in [0.25, 0.3) is 0 Å². The van der Waals surface area contributed by atoms with Gasteiger partial charge in [0.1, 0.15) is 0 Å². The Bertz CT molecular complexity index is 582. The molecule has 0 aromatic carbocycles. The number of piperazine rings is 1. The molecule has 7 N–H and O–H groups in total. The number of rotatable bonds is 7. The first kappa shape index (κ1) is 30.9. The predicted molar refractivity (Wildman–Crippen MR) is 125 cm³/mol. The van der Waals surface area contributed by atoms with Gasteiger partial charge in [-0.1, -0.05) is 25.3 Å². The lowest BCUT2D eigenvalue weighted by Gasteiger charge is -2.43. The van der Waals surface area contributed by atoms with E-state index in [1.807, 2.05) is 19.9 Å². The molecule has 2 saturated carbocycles. The number of hydrogen-bond donors (Lipinski definition) is 3. The molecule has 0 spiro atoms. The van der Waals surface area contributed by atoms with Gasteiger partial charge in [-0.05, 0) is 58.4 Å². The van der Waals surface area contributed by atoms with Gasteiger partial charge in [0.2, 0.25) is 0 Å². The van der Waals surface area contributed by atoms with Crippen LogP contribution in [0.2, 0.25) is 0 Å². The Hall–Kier alpha value is -1.10. The first-order chi connectivity index (χ1) is 14.3. The number of nitrogens with one attached hydrogen (secondary N) is 1. The second-order valence-electron chi connectivity index (χ2n) is 9.26. The van der Waals surface area contributed by atoms with Gasteiger partial charge in [0.15, 0.2) is 5.83 Å². The molecule has 3 fully saturated rings. The summed E-state index contributed by atoms with van der Waals surface area (Å²) < 4.78 is 31.4. The van der Waals surface area contributed by atoms with Crippen molar-refractivity contribution in [3.05, 3.63) is 23.7 Å². The molecule has 1 heterocycles. The van der Waals surface area contributed by atoms with Crippen LogP contribution in [0.5, 0.6) is 0 Å². The molecule has 0 aromatic rings. The molecule has 1 saturated heterocycles. The van der Waals surface area contributed by atoms with E-state index in [-0.39, 0.29) is 17.2 Å². The highest BCUT2D eigenvalue weighted by atomic mass is 19.2. The molecule has 2 aliphatic carbocycles. The zero-order valence-electron chi connectivity index (χ0n) is 20.4. The van der Waals surface area contributed by atoms with Crippen molar-refractivity contribution in [1.29, 1.82) is 0 Å². The molecule has 1 aliphatic heterocycles. The van der Waals surface area contributed by atoms with Crippen LogP contribution in [0.3, 0.4) is 0 Å². The number of ether oxygens (including phenoxy) is 1. The fraction of sp³-hybridized carbons (Fsp3) is 0.826. The summed E-state index contributed by atoms with van der Waals surface area (Å²) in [5.41, 5.74) is 3.05. The Balaban J connectivity index is 0.00000104. The minimum Gasteiger partial charge on any atom is -0.412 e. The van der Waals surface area contributed by atoms with E-state index < -0.39 is 12.2 Å². The Morgan fingerprint density at radius 1 is 1.25 bits per heavy atom. The lowest BCUT2D eigenvalue weighted by Crippen LogP contribution is -2.52. The maximum Gasteiger partial charge on any atom is 0.251 e. The average Bonchev–Trinajstić information content (AvgIpc) is 3.51. The molecule has 32 heavy (non-hydrogen) atoms. The molecule has 7 nitrogen and oxygen atoms in total. The Kier molecular flexibility index (Phi) is 14.4. The highest BCUT2D eigenvalue weighted by molar-refractivity contribution is 5.21. The molecular weight excluding hydrogens is 418 g/mol. The van der Waals surface area contributed by atoms with Gasteiger partial charge in [0.05, 0.1) is 0 Å². The number of hydroxylamine groups is 1. The molecule has 0 bridgehead atoms. The summed E-state index contributed by atoms with van der Waals surface area (Å²) >= 11 is 0. The first-order valence-electron chi connectivity index (χ1n) is 11.4. The molecule has 2 atom stereocenters. The van der Waals surface area contributed by atoms with E-state index in [9.17, 15) is 8.78 Å². The van der Waals surface area contributed by atoms with Crippen molar-refractivity contribution in [2.24, 2.45) is 5.92 Å². The van der Waals surface area contributed by atoms with Crippen molar-refractivity contribution < 1.29 is 24.2 Å². The molecule has 0 radical (unpaired) electrons. The predicted octanol–water partition coefficient (Wildman–Crippen LogP) is 4.13. The fourth-order valence-electron chi connectivity index (χ4n) is 4.18. The highest BCUT2D eigenvalue weighted by Gasteiger charge is 2.36. The fourth-order valence-corrected chi connectivity index (χ4v) is 4.18. The number of methoxy groups -OCH3 is 1. The largest absolute Gasteiger partial charge is 0.412 e. The third-order valence-corrected chi connectivity index (χ3v) is 6.62. The van der Waals surface area contributed by atoms with E-state index >= 15 is 0 Å². The second kappa shape index (κ2) is 14.9. The van der Waals surface area contributed by atoms with Crippen LogP contribution in [-0.2, 0) is 4.74 Å². The van der Waals surface area contributed by atoms with Crippen LogP contribution >= 0.6 is 0 Å². The van der Waals surface area contributed by atoms with Crippen molar-refractivity contribution in [2.45, 2.75) is 83.7 Å². The van der Waals surface area contributed by atoms with Gasteiger partial charge in [0.25, 0.3) is 6.36 Å². The minimum atomic E-state index is -1.98. The van der Waals surface area contributed by atoms with Gasteiger partial charge < -0.3 is 26.5 Å². The zero-order valence-corrected chi connectivity index (χ0v) is 20.4. The number of halogens is 2. The van der Waals surface area contributed by atoms with Crippen LogP contribution in [0.1, 0.15) is 65.7 Å². The van der Waals surface area contributed by atoms with Crippen LogP contribution in [-0.4, -0.2) is 71.7 Å². The van der Waals surface area contributed by atoms with E-state index in [1.54, 1.807) is 0 Å². The number of allylic oxidation sites excluding steroid dienone is 2. The lowest BCUT2D eigenvalue weighted by molar-refractivity contribution is 0.00856. The smallest absolute Gasteiger partial charge is 0.251 e. The summed E-state index contributed by atoms with van der Waals surface area (Å²) in [7, 11) is 1.17. The monoisotopic (exact) mass is 464 g/mol. The van der Waals surface area contributed by atoms with E-state index in [1.165, 1.54) is 51.8 Å². The molecule has 0 amide bonds. The maximum atomic E-state index is 13.8. The van der Waals surface area contributed by atoms with E-state index in [2.05, 4.69) is 26.9 Å². The molecule has 9 heteroatoms. The highest BCUT2D eigenvalue weighted by Crippen LogP contribution is 2.33. The van der Waals surface area contributed by atoms with Gasteiger partial charge in [-0.2, -0.15) is 5.48 Å². The third kappa shape index (κ3) is 9.80. The van der Waals surface area contributed by atoms with Crippen LogP contribution in [0.15, 0.2) is 23.7 Å². The molecule has 1 unspecified atom stereocenters.